The molecular formula is C16H31N5O3. The standard InChI is InChI=1S/C16H31N5O3/c1-16(2,3)24-15(23)19-12-7-4-6-10-14(22)18-11-8-5-9-13-20-21-17/h4-13H2,1-3H3,(H,18,22)(H,19,23). The number of nitrogens with one attached hydrogen (secondary N) is 2. The van der Waals surface area contributed by atoms with Crippen LogP contribution in [0.3, 0.4) is 0 Å². The summed E-state index contributed by atoms with van der Waals surface area (Å²) in [7, 11) is 0. The number of hydrogen-bond acceptors (Lipinski definition) is 4. The molecule has 0 rings (SSSR count). The highest BCUT2D eigenvalue weighted by molar-refractivity contribution is 5.75. The maximum Gasteiger partial charge on any atom is 0.407 e. The summed E-state index contributed by atoms with van der Waals surface area (Å²) in [6.07, 6.45) is 5.30. The molecule has 0 saturated carbocycles. The van der Waals surface area contributed by atoms with Crippen molar-refractivity contribution in [3.8, 4) is 0 Å². The normalized spacial score (nSPS) is 10.6. The molecule has 0 radical (unpaired) electrons. The number of amides is 2. The summed E-state index contributed by atoms with van der Waals surface area (Å²) in [6.45, 7) is 7.21. The zero-order chi connectivity index (χ0) is 18.3. The van der Waals surface area contributed by atoms with Gasteiger partial charge in [0.25, 0.3) is 0 Å². The summed E-state index contributed by atoms with van der Waals surface area (Å²) >= 11 is 0. The molecule has 0 saturated heterocycles. The van der Waals surface area contributed by atoms with Crippen molar-refractivity contribution in [1.29, 1.82) is 0 Å². The third kappa shape index (κ3) is 16.4. The molecule has 0 atom stereocenters. The van der Waals surface area contributed by atoms with Gasteiger partial charge in [0, 0.05) is 31.0 Å². The van der Waals surface area contributed by atoms with Crippen LogP contribution in [0.4, 0.5) is 4.79 Å². The second-order valence-corrected chi connectivity index (χ2v) is 6.60. The first-order valence-electron chi connectivity index (χ1n) is 8.59. The Morgan fingerprint density at radius 3 is 2.25 bits per heavy atom. The first-order valence-corrected chi connectivity index (χ1v) is 8.59. The number of nitrogens with zero attached hydrogens (tertiary/aromatic N) is 3. The molecule has 0 heterocycles. The summed E-state index contributed by atoms with van der Waals surface area (Å²) in [6, 6.07) is 0. The predicted octanol–water partition coefficient (Wildman–Crippen LogP) is 3.67. The highest BCUT2D eigenvalue weighted by atomic mass is 16.6. The molecule has 0 spiro atoms. The minimum atomic E-state index is -0.481. The van der Waals surface area contributed by atoms with Gasteiger partial charge in [-0.05, 0) is 52.0 Å². The average molecular weight is 341 g/mol. The van der Waals surface area contributed by atoms with Crippen molar-refractivity contribution < 1.29 is 14.3 Å². The first-order chi connectivity index (χ1) is 11.3. The van der Waals surface area contributed by atoms with Crippen molar-refractivity contribution in [3.63, 3.8) is 0 Å². The quantitative estimate of drug-likeness (QED) is 0.244. The van der Waals surface area contributed by atoms with E-state index in [0.717, 1.165) is 38.5 Å². The Morgan fingerprint density at radius 2 is 1.62 bits per heavy atom. The van der Waals surface area contributed by atoms with Gasteiger partial charge < -0.3 is 15.4 Å². The number of rotatable bonds is 12. The van der Waals surface area contributed by atoms with Gasteiger partial charge in [-0.1, -0.05) is 18.0 Å². The highest BCUT2D eigenvalue weighted by Crippen LogP contribution is 2.06. The highest BCUT2D eigenvalue weighted by Gasteiger charge is 2.15. The van der Waals surface area contributed by atoms with Gasteiger partial charge >= 0.3 is 6.09 Å². The number of carbonyl (C=O) groups is 2. The van der Waals surface area contributed by atoms with Crippen LogP contribution in [0, 0.1) is 0 Å². The summed E-state index contributed by atoms with van der Waals surface area (Å²) < 4.78 is 5.13. The Labute approximate surface area is 144 Å². The number of azide groups is 1. The summed E-state index contributed by atoms with van der Waals surface area (Å²) in [5.41, 5.74) is 7.64. The third-order valence-electron chi connectivity index (χ3n) is 3.07. The topological polar surface area (TPSA) is 116 Å². The van der Waals surface area contributed by atoms with Crippen LogP contribution in [0.25, 0.3) is 10.4 Å². The minimum Gasteiger partial charge on any atom is -0.444 e. The summed E-state index contributed by atoms with van der Waals surface area (Å²) in [4.78, 5) is 25.7. The maximum absolute atomic E-state index is 11.6. The van der Waals surface area contributed by atoms with E-state index in [0.29, 0.717) is 26.1 Å². The van der Waals surface area contributed by atoms with Gasteiger partial charge in [0.1, 0.15) is 5.60 Å². The Kier molecular flexibility index (Phi) is 12.4. The van der Waals surface area contributed by atoms with E-state index in [4.69, 9.17) is 10.3 Å². The van der Waals surface area contributed by atoms with E-state index in [1.165, 1.54) is 0 Å². The molecule has 0 aliphatic rings. The van der Waals surface area contributed by atoms with Crippen LogP contribution in [0.2, 0.25) is 0 Å². The lowest BCUT2D eigenvalue weighted by Gasteiger charge is -2.19. The molecular weight excluding hydrogens is 310 g/mol. The largest absolute Gasteiger partial charge is 0.444 e. The van der Waals surface area contributed by atoms with Crippen molar-refractivity contribution in [2.24, 2.45) is 5.11 Å². The molecule has 0 bridgehead atoms. The summed E-state index contributed by atoms with van der Waals surface area (Å²) in [5, 5.41) is 9.03. The number of unbranched alkanes of at least 4 members (excludes halogenated alkanes) is 4. The van der Waals surface area contributed by atoms with Gasteiger partial charge in [-0.2, -0.15) is 0 Å². The fraction of sp³-hybridized carbons (Fsp3) is 0.875. The van der Waals surface area contributed by atoms with Gasteiger partial charge in [-0.15, -0.1) is 0 Å². The second kappa shape index (κ2) is 13.5. The lowest BCUT2D eigenvalue weighted by Crippen LogP contribution is -2.33. The van der Waals surface area contributed by atoms with Crippen LogP contribution in [0.1, 0.15) is 65.7 Å². The molecule has 0 aromatic carbocycles. The average Bonchev–Trinajstić information content (AvgIpc) is 2.48. The van der Waals surface area contributed by atoms with Gasteiger partial charge in [0.2, 0.25) is 5.91 Å². The van der Waals surface area contributed by atoms with Gasteiger partial charge in [0.15, 0.2) is 0 Å². The van der Waals surface area contributed by atoms with Crippen molar-refractivity contribution in [3.05, 3.63) is 10.4 Å². The molecule has 0 aliphatic carbocycles. The van der Waals surface area contributed by atoms with Gasteiger partial charge in [0.05, 0.1) is 0 Å². The van der Waals surface area contributed by atoms with E-state index in [-0.39, 0.29) is 5.91 Å². The Hall–Kier alpha value is -1.95. The third-order valence-corrected chi connectivity index (χ3v) is 3.07. The lowest BCUT2D eigenvalue weighted by atomic mass is 10.2. The van der Waals surface area contributed by atoms with E-state index in [2.05, 4.69) is 20.7 Å². The Bertz CT molecular complexity index is 414. The molecule has 0 fully saturated rings. The van der Waals surface area contributed by atoms with E-state index >= 15 is 0 Å². The molecule has 0 aromatic heterocycles. The van der Waals surface area contributed by atoms with Crippen LogP contribution in [-0.2, 0) is 9.53 Å². The molecule has 24 heavy (non-hydrogen) atoms. The number of ether oxygens (including phenoxy) is 1. The second-order valence-electron chi connectivity index (χ2n) is 6.60. The van der Waals surface area contributed by atoms with E-state index in [9.17, 15) is 9.59 Å². The fourth-order valence-electron chi connectivity index (χ4n) is 1.94. The van der Waals surface area contributed by atoms with Crippen LogP contribution in [0.5, 0.6) is 0 Å². The lowest BCUT2D eigenvalue weighted by molar-refractivity contribution is -0.121. The maximum atomic E-state index is 11.6. The number of alkyl carbamates (subject to hydrolysis) is 1. The first kappa shape index (κ1) is 22.1. The van der Waals surface area contributed by atoms with Crippen LogP contribution >= 0.6 is 0 Å². The Morgan fingerprint density at radius 1 is 1.00 bits per heavy atom. The van der Waals surface area contributed by atoms with Crippen molar-refractivity contribution in [2.75, 3.05) is 19.6 Å². The van der Waals surface area contributed by atoms with E-state index in [1.54, 1.807) is 0 Å². The van der Waals surface area contributed by atoms with Crippen LogP contribution in [-0.4, -0.2) is 37.2 Å². The molecule has 8 heteroatoms. The van der Waals surface area contributed by atoms with Crippen LogP contribution in [0.15, 0.2) is 5.11 Å². The Balaban J connectivity index is 3.40. The number of hydrogen-bond donors (Lipinski definition) is 2. The molecule has 0 aromatic rings. The molecule has 0 unspecified atom stereocenters. The zero-order valence-electron chi connectivity index (χ0n) is 15.1. The smallest absolute Gasteiger partial charge is 0.407 e. The number of carbonyl (C=O) groups excluding carboxylic acids is 2. The van der Waals surface area contributed by atoms with Crippen LogP contribution < -0.4 is 10.6 Å². The molecule has 0 aliphatic heterocycles. The SMILES string of the molecule is CC(C)(C)OC(=O)NCCCCCC(=O)NCCCCCN=[N+]=[N-]. The predicted molar refractivity (Wildman–Crippen MR) is 93.6 cm³/mol. The monoisotopic (exact) mass is 341 g/mol. The molecule has 138 valence electrons. The molecule has 8 nitrogen and oxygen atoms in total. The molecule has 2 N–H and O–H groups in total. The van der Waals surface area contributed by atoms with Crippen molar-refractivity contribution >= 4 is 12.0 Å². The molecule has 2 amide bonds. The van der Waals surface area contributed by atoms with E-state index < -0.39 is 11.7 Å². The van der Waals surface area contributed by atoms with Gasteiger partial charge in [-0.25, -0.2) is 4.79 Å². The van der Waals surface area contributed by atoms with Crippen molar-refractivity contribution in [2.45, 2.75) is 71.3 Å². The summed E-state index contributed by atoms with van der Waals surface area (Å²) in [5.74, 6) is 0.0603. The van der Waals surface area contributed by atoms with Gasteiger partial charge in [-0.3, -0.25) is 4.79 Å². The minimum absolute atomic E-state index is 0.0603. The fourth-order valence-corrected chi connectivity index (χ4v) is 1.94. The van der Waals surface area contributed by atoms with E-state index in [1.807, 2.05) is 20.8 Å². The zero-order valence-corrected chi connectivity index (χ0v) is 15.1. The van der Waals surface area contributed by atoms with Crippen molar-refractivity contribution in [1.82, 2.24) is 10.6 Å².